The Hall–Kier alpha value is -1.40. The highest BCUT2D eigenvalue weighted by molar-refractivity contribution is 5.92. The molecule has 0 aromatic carbocycles. The van der Waals surface area contributed by atoms with Gasteiger partial charge in [0.05, 0.1) is 12.1 Å². The van der Waals surface area contributed by atoms with Crippen LogP contribution in [0.4, 0.5) is 0 Å². The van der Waals surface area contributed by atoms with Crippen molar-refractivity contribution in [1.82, 2.24) is 20.4 Å². The number of carbonyl (C=O) groups excluding carboxylic acids is 1. The second-order valence-corrected chi connectivity index (χ2v) is 7.36. The summed E-state index contributed by atoms with van der Waals surface area (Å²) in [5.74, 6) is 0.524. The Kier molecular flexibility index (Phi) is 6.48. The molecule has 2 fully saturated rings. The average molecular weight is 348 g/mol. The first-order valence-corrected chi connectivity index (χ1v) is 9.89. The van der Waals surface area contributed by atoms with E-state index in [4.69, 9.17) is 4.74 Å². The first-order chi connectivity index (χ1) is 12.2. The lowest BCUT2D eigenvalue weighted by Crippen LogP contribution is -2.44. The second kappa shape index (κ2) is 8.81. The molecule has 2 aliphatic rings. The van der Waals surface area contributed by atoms with Crippen LogP contribution in [0.5, 0.6) is 0 Å². The van der Waals surface area contributed by atoms with E-state index in [0.29, 0.717) is 17.7 Å². The SMILES string of the molecule is CCC(CC)C1CC(NC(=O)c2ccn(C3CCCNC3)n2)CCO1. The van der Waals surface area contributed by atoms with Gasteiger partial charge in [-0.15, -0.1) is 0 Å². The Bertz CT molecular complexity index is 549. The molecule has 1 aromatic heterocycles. The van der Waals surface area contributed by atoms with Crippen LogP contribution in [0.15, 0.2) is 12.3 Å². The summed E-state index contributed by atoms with van der Waals surface area (Å²) in [5.41, 5.74) is 0.524. The van der Waals surface area contributed by atoms with Crippen molar-refractivity contribution in [3.8, 4) is 0 Å². The molecular weight excluding hydrogens is 316 g/mol. The van der Waals surface area contributed by atoms with Crippen molar-refractivity contribution in [1.29, 1.82) is 0 Å². The van der Waals surface area contributed by atoms with E-state index >= 15 is 0 Å². The quantitative estimate of drug-likeness (QED) is 0.829. The molecule has 1 aromatic rings. The molecule has 0 radical (unpaired) electrons. The Morgan fingerprint density at radius 3 is 3.00 bits per heavy atom. The molecule has 25 heavy (non-hydrogen) atoms. The molecule has 6 nitrogen and oxygen atoms in total. The topological polar surface area (TPSA) is 68.2 Å². The van der Waals surface area contributed by atoms with Gasteiger partial charge < -0.3 is 15.4 Å². The summed E-state index contributed by atoms with van der Waals surface area (Å²) in [4.78, 5) is 12.6. The first-order valence-electron chi connectivity index (χ1n) is 9.89. The third-order valence-corrected chi connectivity index (χ3v) is 5.71. The molecule has 3 rings (SSSR count). The van der Waals surface area contributed by atoms with Gasteiger partial charge in [0.25, 0.3) is 5.91 Å². The minimum atomic E-state index is -0.0577. The number of carbonyl (C=O) groups is 1. The number of hydrogen-bond donors (Lipinski definition) is 2. The maximum Gasteiger partial charge on any atom is 0.271 e. The van der Waals surface area contributed by atoms with E-state index in [0.717, 1.165) is 58.2 Å². The molecule has 2 N–H and O–H groups in total. The van der Waals surface area contributed by atoms with Gasteiger partial charge in [0.1, 0.15) is 5.69 Å². The predicted molar refractivity (Wildman–Crippen MR) is 97.7 cm³/mol. The second-order valence-electron chi connectivity index (χ2n) is 7.36. The van der Waals surface area contributed by atoms with E-state index in [2.05, 4.69) is 29.6 Å². The van der Waals surface area contributed by atoms with Crippen LogP contribution >= 0.6 is 0 Å². The van der Waals surface area contributed by atoms with E-state index in [-0.39, 0.29) is 18.1 Å². The number of amides is 1. The van der Waals surface area contributed by atoms with Crippen molar-refractivity contribution in [2.45, 2.75) is 70.6 Å². The summed E-state index contributed by atoms with van der Waals surface area (Å²) in [7, 11) is 0. The maximum absolute atomic E-state index is 12.6. The van der Waals surface area contributed by atoms with Crippen molar-refractivity contribution < 1.29 is 9.53 Å². The van der Waals surface area contributed by atoms with Crippen molar-refractivity contribution >= 4 is 5.91 Å². The fraction of sp³-hybridized carbons (Fsp3) is 0.789. The lowest BCUT2D eigenvalue weighted by molar-refractivity contribution is -0.0337. The van der Waals surface area contributed by atoms with Crippen LogP contribution in [0.25, 0.3) is 0 Å². The van der Waals surface area contributed by atoms with Gasteiger partial charge in [0.2, 0.25) is 0 Å². The molecule has 1 amide bonds. The lowest BCUT2D eigenvalue weighted by Gasteiger charge is -2.34. The number of nitrogens with one attached hydrogen (secondary N) is 2. The zero-order valence-corrected chi connectivity index (χ0v) is 15.5. The van der Waals surface area contributed by atoms with Crippen molar-refractivity contribution in [3.63, 3.8) is 0 Å². The normalized spacial score (nSPS) is 27.4. The number of rotatable bonds is 6. The van der Waals surface area contributed by atoms with E-state index in [1.54, 1.807) is 0 Å². The first kappa shape index (κ1) is 18.4. The molecule has 0 spiro atoms. The molecule has 3 unspecified atom stereocenters. The van der Waals surface area contributed by atoms with Gasteiger partial charge in [-0.2, -0.15) is 5.10 Å². The van der Waals surface area contributed by atoms with Gasteiger partial charge in [-0.05, 0) is 44.2 Å². The van der Waals surface area contributed by atoms with E-state index in [1.807, 2.05) is 16.9 Å². The van der Waals surface area contributed by atoms with Crippen LogP contribution in [0.3, 0.4) is 0 Å². The van der Waals surface area contributed by atoms with Crippen molar-refractivity contribution in [2.75, 3.05) is 19.7 Å². The Morgan fingerprint density at radius 2 is 2.28 bits per heavy atom. The highest BCUT2D eigenvalue weighted by Gasteiger charge is 2.29. The predicted octanol–water partition coefficient (Wildman–Crippen LogP) is 2.52. The number of aromatic nitrogens is 2. The molecule has 2 aliphatic heterocycles. The number of ether oxygens (including phenoxy) is 1. The van der Waals surface area contributed by atoms with E-state index in [9.17, 15) is 4.79 Å². The van der Waals surface area contributed by atoms with Gasteiger partial charge in [-0.1, -0.05) is 26.7 Å². The van der Waals surface area contributed by atoms with Crippen LogP contribution < -0.4 is 10.6 Å². The van der Waals surface area contributed by atoms with Crippen molar-refractivity contribution in [2.24, 2.45) is 5.92 Å². The molecule has 140 valence electrons. The largest absolute Gasteiger partial charge is 0.378 e. The minimum Gasteiger partial charge on any atom is -0.378 e. The smallest absolute Gasteiger partial charge is 0.271 e. The molecule has 0 saturated carbocycles. The summed E-state index contributed by atoms with van der Waals surface area (Å²) < 4.78 is 7.89. The van der Waals surface area contributed by atoms with Crippen LogP contribution in [-0.2, 0) is 4.74 Å². The van der Waals surface area contributed by atoms with Gasteiger partial charge in [0, 0.05) is 25.4 Å². The third kappa shape index (κ3) is 4.61. The lowest BCUT2D eigenvalue weighted by atomic mass is 9.89. The number of piperidine rings is 1. The van der Waals surface area contributed by atoms with Gasteiger partial charge in [-0.3, -0.25) is 9.48 Å². The Labute approximate surface area is 150 Å². The van der Waals surface area contributed by atoms with Gasteiger partial charge >= 0.3 is 0 Å². The Morgan fingerprint density at radius 1 is 1.44 bits per heavy atom. The molecular formula is C19H32N4O2. The van der Waals surface area contributed by atoms with E-state index < -0.39 is 0 Å². The monoisotopic (exact) mass is 348 g/mol. The molecule has 3 heterocycles. The maximum atomic E-state index is 12.6. The zero-order valence-electron chi connectivity index (χ0n) is 15.5. The number of hydrogen-bond acceptors (Lipinski definition) is 4. The molecule has 0 bridgehead atoms. The Balaban J connectivity index is 1.55. The highest BCUT2D eigenvalue weighted by Crippen LogP contribution is 2.25. The van der Waals surface area contributed by atoms with Crippen molar-refractivity contribution in [3.05, 3.63) is 18.0 Å². The van der Waals surface area contributed by atoms with Crippen LogP contribution in [0.1, 0.15) is 68.9 Å². The van der Waals surface area contributed by atoms with Crippen LogP contribution in [0.2, 0.25) is 0 Å². The zero-order chi connectivity index (χ0) is 17.6. The minimum absolute atomic E-state index is 0.0577. The summed E-state index contributed by atoms with van der Waals surface area (Å²) >= 11 is 0. The number of nitrogens with zero attached hydrogens (tertiary/aromatic N) is 2. The van der Waals surface area contributed by atoms with E-state index in [1.165, 1.54) is 0 Å². The summed E-state index contributed by atoms with van der Waals surface area (Å²) in [6.45, 7) is 7.17. The van der Waals surface area contributed by atoms with Gasteiger partial charge in [-0.25, -0.2) is 0 Å². The fourth-order valence-electron chi connectivity index (χ4n) is 4.08. The standard InChI is InChI=1S/C19H32N4O2/c1-3-14(4-2)18-12-15(8-11-25-18)21-19(24)17-7-10-23(22-17)16-6-5-9-20-13-16/h7,10,14-16,18,20H,3-6,8-9,11-13H2,1-2H3,(H,21,24). The molecule has 3 atom stereocenters. The fourth-order valence-corrected chi connectivity index (χ4v) is 4.08. The summed E-state index contributed by atoms with van der Waals surface area (Å²) in [6, 6.07) is 2.38. The average Bonchev–Trinajstić information content (AvgIpc) is 3.14. The molecule has 6 heteroatoms. The van der Waals surface area contributed by atoms with Crippen LogP contribution in [-0.4, -0.2) is 47.5 Å². The molecule has 2 saturated heterocycles. The summed E-state index contributed by atoms with van der Waals surface area (Å²) in [5, 5.41) is 11.1. The summed E-state index contributed by atoms with van der Waals surface area (Å²) in [6.07, 6.45) is 8.52. The van der Waals surface area contributed by atoms with Gasteiger partial charge in [0.15, 0.2) is 0 Å². The third-order valence-electron chi connectivity index (χ3n) is 5.71. The molecule has 0 aliphatic carbocycles. The van der Waals surface area contributed by atoms with Crippen LogP contribution in [0, 0.1) is 5.92 Å². The highest BCUT2D eigenvalue weighted by atomic mass is 16.5.